The fraction of sp³-hybridized carbons (Fsp3) is 0.250. The van der Waals surface area contributed by atoms with Gasteiger partial charge in [-0.2, -0.15) is 0 Å². The highest BCUT2D eigenvalue weighted by Gasteiger charge is 2.26. The molecule has 2 aromatic heterocycles. The van der Waals surface area contributed by atoms with Crippen molar-refractivity contribution in [2.45, 2.75) is 26.4 Å². The second kappa shape index (κ2) is 7.40. The molecule has 134 valence electrons. The Morgan fingerprint density at radius 2 is 1.88 bits per heavy atom. The van der Waals surface area contributed by atoms with E-state index in [4.69, 9.17) is 11.6 Å². The summed E-state index contributed by atoms with van der Waals surface area (Å²) in [6.45, 7) is 5.89. The van der Waals surface area contributed by atoms with Crippen LogP contribution >= 0.6 is 11.6 Å². The summed E-state index contributed by atoms with van der Waals surface area (Å²) in [7, 11) is 0. The number of aliphatic hydroxyl groups is 1. The maximum Gasteiger partial charge on any atom is 0.163 e. The van der Waals surface area contributed by atoms with Gasteiger partial charge in [-0.05, 0) is 39.0 Å². The first-order chi connectivity index (χ1) is 12.4. The summed E-state index contributed by atoms with van der Waals surface area (Å²) >= 11 is 6.23. The van der Waals surface area contributed by atoms with Gasteiger partial charge in [0.05, 0.1) is 0 Å². The minimum Gasteiger partial charge on any atom is -0.384 e. The van der Waals surface area contributed by atoms with Crippen LogP contribution in [0.2, 0.25) is 5.02 Å². The molecular weight excluding hydrogens is 348 g/mol. The zero-order chi connectivity index (χ0) is 18.7. The number of benzene rings is 1. The number of aromatic nitrogens is 3. The molecule has 0 fully saturated rings. The molecule has 1 aromatic carbocycles. The van der Waals surface area contributed by atoms with Crippen molar-refractivity contribution in [2.24, 2.45) is 0 Å². The number of pyridine rings is 1. The van der Waals surface area contributed by atoms with E-state index in [-0.39, 0.29) is 6.54 Å². The molecule has 0 radical (unpaired) electrons. The number of hydrogen-bond acceptors (Lipinski definition) is 5. The lowest BCUT2D eigenvalue weighted by Gasteiger charge is -2.26. The van der Waals surface area contributed by atoms with E-state index >= 15 is 0 Å². The summed E-state index contributed by atoms with van der Waals surface area (Å²) < 4.78 is 0. The Morgan fingerprint density at radius 3 is 2.58 bits per heavy atom. The first kappa shape index (κ1) is 18.3. The molecule has 0 bridgehead atoms. The Morgan fingerprint density at radius 1 is 1.12 bits per heavy atom. The number of nitrogens with zero attached hydrogens (tertiary/aromatic N) is 3. The third-order valence-electron chi connectivity index (χ3n) is 4.36. The van der Waals surface area contributed by atoms with Crippen molar-refractivity contribution < 1.29 is 5.11 Å². The second-order valence-electron chi connectivity index (χ2n) is 6.46. The number of nitrogens with one attached hydrogen (secondary N) is 1. The highest BCUT2D eigenvalue weighted by molar-refractivity contribution is 6.31. The van der Waals surface area contributed by atoms with Crippen LogP contribution in [-0.2, 0) is 5.60 Å². The van der Waals surface area contributed by atoms with Gasteiger partial charge in [0.1, 0.15) is 11.4 Å². The molecule has 26 heavy (non-hydrogen) atoms. The monoisotopic (exact) mass is 368 g/mol. The molecule has 0 saturated heterocycles. The minimum atomic E-state index is -1.14. The Labute approximate surface area is 158 Å². The van der Waals surface area contributed by atoms with Gasteiger partial charge in [-0.15, -0.1) is 0 Å². The molecule has 0 aliphatic carbocycles. The molecule has 0 aliphatic heterocycles. The summed E-state index contributed by atoms with van der Waals surface area (Å²) in [6, 6.07) is 11.1. The summed E-state index contributed by atoms with van der Waals surface area (Å²) in [4.78, 5) is 13.3. The van der Waals surface area contributed by atoms with Crippen molar-refractivity contribution in [3.05, 3.63) is 70.6 Å². The van der Waals surface area contributed by atoms with Crippen molar-refractivity contribution in [3.8, 4) is 11.4 Å². The molecule has 0 saturated carbocycles. The van der Waals surface area contributed by atoms with Crippen LogP contribution in [-0.4, -0.2) is 26.6 Å². The van der Waals surface area contributed by atoms with Gasteiger partial charge < -0.3 is 10.4 Å². The maximum atomic E-state index is 10.9. The van der Waals surface area contributed by atoms with Crippen LogP contribution in [0.25, 0.3) is 11.4 Å². The molecule has 0 amide bonds. The fourth-order valence-corrected chi connectivity index (χ4v) is 3.01. The fourth-order valence-electron chi connectivity index (χ4n) is 2.67. The molecule has 6 heteroatoms. The van der Waals surface area contributed by atoms with Gasteiger partial charge in [0.15, 0.2) is 5.82 Å². The smallest absolute Gasteiger partial charge is 0.163 e. The molecule has 3 aromatic rings. The summed E-state index contributed by atoms with van der Waals surface area (Å²) in [5, 5.41) is 14.7. The van der Waals surface area contributed by atoms with Crippen LogP contribution in [0.1, 0.15) is 23.7 Å². The molecule has 0 spiro atoms. The van der Waals surface area contributed by atoms with Crippen LogP contribution in [0.5, 0.6) is 0 Å². The standard InChI is InChI=1S/C20H21ClN4O/c1-13-14(2)24-19(15-7-6-10-22-11-15)25-18(13)23-12-20(3,26)16-8-4-5-9-17(16)21/h4-11,26H,12H2,1-3H3,(H,23,24,25). The highest BCUT2D eigenvalue weighted by Crippen LogP contribution is 2.29. The van der Waals surface area contributed by atoms with E-state index in [1.165, 1.54) is 0 Å². The number of hydrogen-bond donors (Lipinski definition) is 2. The Balaban J connectivity index is 1.88. The van der Waals surface area contributed by atoms with Crippen molar-refractivity contribution in [3.63, 3.8) is 0 Å². The molecular formula is C20H21ClN4O. The zero-order valence-corrected chi connectivity index (χ0v) is 15.7. The van der Waals surface area contributed by atoms with Gasteiger partial charge in [-0.3, -0.25) is 4.98 Å². The molecule has 0 aliphatic rings. The van der Waals surface area contributed by atoms with E-state index in [1.807, 2.05) is 44.2 Å². The van der Waals surface area contributed by atoms with Gasteiger partial charge in [-0.1, -0.05) is 29.8 Å². The normalized spacial score (nSPS) is 13.3. The summed E-state index contributed by atoms with van der Waals surface area (Å²) in [5.41, 5.74) is 2.19. The predicted molar refractivity (Wildman–Crippen MR) is 104 cm³/mol. The maximum absolute atomic E-state index is 10.9. The van der Waals surface area contributed by atoms with Gasteiger partial charge in [0, 0.05) is 46.3 Å². The average Bonchev–Trinajstić information content (AvgIpc) is 2.64. The highest BCUT2D eigenvalue weighted by atomic mass is 35.5. The number of halogens is 1. The van der Waals surface area contributed by atoms with E-state index in [0.717, 1.165) is 16.8 Å². The van der Waals surface area contributed by atoms with Gasteiger partial charge in [-0.25, -0.2) is 9.97 Å². The lowest BCUT2D eigenvalue weighted by molar-refractivity contribution is 0.0715. The quantitative estimate of drug-likeness (QED) is 0.708. The Hall–Kier alpha value is -2.50. The van der Waals surface area contributed by atoms with Crippen LogP contribution in [0.3, 0.4) is 0 Å². The van der Waals surface area contributed by atoms with E-state index < -0.39 is 5.60 Å². The van der Waals surface area contributed by atoms with Crippen molar-refractivity contribution >= 4 is 17.4 Å². The third-order valence-corrected chi connectivity index (χ3v) is 4.69. The van der Waals surface area contributed by atoms with E-state index in [2.05, 4.69) is 20.3 Å². The number of aryl methyl sites for hydroxylation is 1. The minimum absolute atomic E-state index is 0.264. The summed E-state index contributed by atoms with van der Waals surface area (Å²) in [5.74, 6) is 1.28. The molecule has 1 unspecified atom stereocenters. The van der Waals surface area contributed by atoms with Gasteiger partial charge in [0.25, 0.3) is 0 Å². The molecule has 1 atom stereocenters. The SMILES string of the molecule is Cc1nc(-c2cccnc2)nc(NCC(C)(O)c2ccccc2Cl)c1C. The lowest BCUT2D eigenvalue weighted by atomic mass is 9.96. The predicted octanol–water partition coefficient (Wildman–Crippen LogP) is 4.13. The molecule has 2 N–H and O–H groups in total. The largest absolute Gasteiger partial charge is 0.384 e. The summed E-state index contributed by atoms with van der Waals surface area (Å²) in [6.07, 6.45) is 3.44. The van der Waals surface area contributed by atoms with E-state index in [0.29, 0.717) is 22.2 Å². The van der Waals surface area contributed by atoms with E-state index in [1.54, 1.807) is 25.4 Å². The van der Waals surface area contributed by atoms with Crippen molar-refractivity contribution in [1.82, 2.24) is 15.0 Å². The van der Waals surface area contributed by atoms with Crippen molar-refractivity contribution in [2.75, 3.05) is 11.9 Å². The average molecular weight is 369 g/mol. The van der Waals surface area contributed by atoms with Crippen LogP contribution in [0, 0.1) is 13.8 Å². The van der Waals surface area contributed by atoms with Gasteiger partial charge >= 0.3 is 0 Å². The first-order valence-corrected chi connectivity index (χ1v) is 8.73. The third kappa shape index (κ3) is 3.84. The molecule has 3 rings (SSSR count). The first-order valence-electron chi connectivity index (χ1n) is 8.35. The Kier molecular flexibility index (Phi) is 5.20. The zero-order valence-electron chi connectivity index (χ0n) is 15.0. The molecule has 2 heterocycles. The number of rotatable bonds is 5. The number of anilines is 1. The topological polar surface area (TPSA) is 70.9 Å². The van der Waals surface area contributed by atoms with Crippen LogP contribution < -0.4 is 5.32 Å². The van der Waals surface area contributed by atoms with Crippen LogP contribution in [0.4, 0.5) is 5.82 Å². The van der Waals surface area contributed by atoms with Crippen LogP contribution in [0.15, 0.2) is 48.8 Å². The Bertz CT molecular complexity index is 913. The van der Waals surface area contributed by atoms with Gasteiger partial charge in [0.2, 0.25) is 0 Å². The molecule has 5 nitrogen and oxygen atoms in total. The second-order valence-corrected chi connectivity index (χ2v) is 6.86. The van der Waals surface area contributed by atoms with E-state index in [9.17, 15) is 5.11 Å². The lowest BCUT2D eigenvalue weighted by Crippen LogP contribution is -2.31. The van der Waals surface area contributed by atoms with Crippen molar-refractivity contribution in [1.29, 1.82) is 0 Å².